The molecule has 0 unspecified atom stereocenters. The Balaban J connectivity index is 1.50. The lowest BCUT2D eigenvalue weighted by atomic mass is 10.0. The molecule has 0 N–H and O–H groups in total. The fraction of sp³-hybridized carbons (Fsp3) is 0.483. The molecule has 0 radical (unpaired) electrons. The second-order valence-electron chi connectivity index (χ2n) is 10.4. The van der Waals surface area contributed by atoms with Crippen molar-refractivity contribution in [2.45, 2.75) is 52.7 Å². The number of hydrogen-bond donors (Lipinski definition) is 0. The van der Waals surface area contributed by atoms with Gasteiger partial charge in [0.05, 0.1) is 18.5 Å². The summed E-state index contributed by atoms with van der Waals surface area (Å²) in [4.78, 5) is 7.63. The number of benzene rings is 2. The molecule has 0 bridgehead atoms. The number of likely N-dealkylation sites (N-methyl/N-ethyl adjacent to an activating group) is 1. The van der Waals surface area contributed by atoms with E-state index in [2.05, 4.69) is 77.5 Å². The minimum absolute atomic E-state index is 0.666. The molecule has 2 fully saturated rings. The van der Waals surface area contributed by atoms with Gasteiger partial charge in [-0.1, -0.05) is 23.8 Å². The van der Waals surface area contributed by atoms with Gasteiger partial charge in [-0.05, 0) is 76.1 Å². The number of hydrogen-bond acceptors (Lipinski definition) is 5. The number of anilines is 1. The highest BCUT2D eigenvalue weighted by atomic mass is 16.5. The average Bonchev–Trinajstić information content (AvgIpc) is 3.65. The Morgan fingerprint density at radius 1 is 0.943 bits per heavy atom. The Kier molecular flexibility index (Phi) is 6.85. The summed E-state index contributed by atoms with van der Waals surface area (Å²) in [5, 5.41) is 5.09. The zero-order valence-corrected chi connectivity index (χ0v) is 21.9. The molecular formula is C29H39N5O. The largest absolute Gasteiger partial charge is 0.497 e. The van der Waals surface area contributed by atoms with Crippen LogP contribution in [0.3, 0.4) is 0 Å². The highest BCUT2D eigenvalue weighted by Crippen LogP contribution is 2.35. The maximum Gasteiger partial charge on any atom is 0.137 e. The molecule has 6 heteroatoms. The molecule has 35 heavy (non-hydrogen) atoms. The molecule has 1 aromatic heterocycles. The Morgan fingerprint density at radius 2 is 1.66 bits per heavy atom. The van der Waals surface area contributed by atoms with Crippen molar-refractivity contribution < 1.29 is 4.74 Å². The number of aromatic nitrogens is 2. The zero-order chi connectivity index (χ0) is 24.5. The second-order valence-corrected chi connectivity index (χ2v) is 10.4. The van der Waals surface area contributed by atoms with Gasteiger partial charge in [-0.3, -0.25) is 4.90 Å². The summed E-state index contributed by atoms with van der Waals surface area (Å²) >= 11 is 0. The normalized spacial score (nSPS) is 16.8. The van der Waals surface area contributed by atoms with E-state index in [1.165, 1.54) is 40.9 Å². The van der Waals surface area contributed by atoms with Crippen molar-refractivity contribution in [2.75, 3.05) is 45.2 Å². The monoisotopic (exact) mass is 473 g/mol. The van der Waals surface area contributed by atoms with Crippen LogP contribution in [0.1, 0.15) is 40.8 Å². The van der Waals surface area contributed by atoms with Crippen LogP contribution in [-0.2, 0) is 13.1 Å². The SMILES string of the molecule is COc1ccc(-n2nc(C)c(CN(Cc3ccc(C)cc3C)C3CC3)c2N2CCN(C)CC2)cc1. The average molecular weight is 474 g/mol. The van der Waals surface area contributed by atoms with E-state index in [1.54, 1.807) is 7.11 Å². The molecule has 2 heterocycles. The van der Waals surface area contributed by atoms with Gasteiger partial charge in [-0.15, -0.1) is 0 Å². The molecule has 2 aromatic carbocycles. The van der Waals surface area contributed by atoms with Gasteiger partial charge < -0.3 is 14.5 Å². The maximum absolute atomic E-state index is 5.40. The van der Waals surface area contributed by atoms with Crippen LogP contribution in [0.5, 0.6) is 5.75 Å². The second kappa shape index (κ2) is 10.0. The van der Waals surface area contributed by atoms with Crippen LogP contribution in [0, 0.1) is 20.8 Å². The highest BCUT2D eigenvalue weighted by Gasteiger charge is 2.32. The number of nitrogens with zero attached hydrogens (tertiary/aromatic N) is 5. The minimum Gasteiger partial charge on any atom is -0.497 e. The molecule has 2 aliphatic rings. The predicted molar refractivity (Wildman–Crippen MR) is 143 cm³/mol. The number of methoxy groups -OCH3 is 1. The lowest BCUT2D eigenvalue weighted by molar-refractivity contribution is 0.244. The molecule has 0 amide bonds. The molecule has 0 spiro atoms. The summed E-state index contributed by atoms with van der Waals surface area (Å²) in [6.45, 7) is 12.7. The van der Waals surface area contributed by atoms with Crippen LogP contribution in [0.15, 0.2) is 42.5 Å². The first-order valence-corrected chi connectivity index (χ1v) is 12.9. The van der Waals surface area contributed by atoms with E-state index in [-0.39, 0.29) is 0 Å². The van der Waals surface area contributed by atoms with Crippen molar-refractivity contribution in [3.8, 4) is 11.4 Å². The highest BCUT2D eigenvalue weighted by molar-refractivity contribution is 5.56. The first-order valence-electron chi connectivity index (χ1n) is 12.9. The summed E-state index contributed by atoms with van der Waals surface area (Å²) in [6.07, 6.45) is 2.58. The zero-order valence-electron chi connectivity index (χ0n) is 21.9. The molecule has 1 aliphatic carbocycles. The van der Waals surface area contributed by atoms with E-state index >= 15 is 0 Å². The van der Waals surface area contributed by atoms with Crippen LogP contribution in [0.25, 0.3) is 5.69 Å². The Bertz CT molecular complexity index is 1160. The van der Waals surface area contributed by atoms with E-state index in [0.29, 0.717) is 6.04 Å². The number of aryl methyl sites for hydroxylation is 3. The van der Waals surface area contributed by atoms with E-state index in [9.17, 15) is 0 Å². The third kappa shape index (κ3) is 5.24. The maximum atomic E-state index is 5.40. The molecule has 1 saturated heterocycles. The summed E-state index contributed by atoms with van der Waals surface area (Å²) in [7, 11) is 3.92. The molecule has 1 saturated carbocycles. The number of rotatable bonds is 8. The van der Waals surface area contributed by atoms with Gasteiger partial charge in [0.15, 0.2) is 0 Å². The molecular weight excluding hydrogens is 434 g/mol. The Morgan fingerprint density at radius 3 is 2.29 bits per heavy atom. The van der Waals surface area contributed by atoms with E-state index in [0.717, 1.165) is 56.4 Å². The standard InChI is InChI=1S/C29H39N5O/c1-21-6-7-24(22(2)18-21)19-33(25-8-9-25)20-28-23(3)30-34(26-10-12-27(35-5)13-11-26)29(28)32-16-14-31(4)15-17-32/h6-7,10-13,18,25H,8-9,14-17,19-20H2,1-5H3. The van der Waals surface area contributed by atoms with Crippen molar-refractivity contribution in [2.24, 2.45) is 0 Å². The van der Waals surface area contributed by atoms with Gasteiger partial charge in [-0.2, -0.15) is 5.10 Å². The molecule has 3 aromatic rings. The van der Waals surface area contributed by atoms with Crippen molar-refractivity contribution in [3.05, 3.63) is 70.4 Å². The van der Waals surface area contributed by atoms with Gasteiger partial charge in [-0.25, -0.2) is 4.68 Å². The third-order valence-corrected chi connectivity index (χ3v) is 7.57. The van der Waals surface area contributed by atoms with Gasteiger partial charge in [0.25, 0.3) is 0 Å². The van der Waals surface area contributed by atoms with Crippen LogP contribution < -0.4 is 9.64 Å². The summed E-state index contributed by atoms with van der Waals surface area (Å²) < 4.78 is 7.56. The Labute approximate surface area is 210 Å². The molecule has 186 valence electrons. The summed E-state index contributed by atoms with van der Waals surface area (Å²) in [5.74, 6) is 2.12. The van der Waals surface area contributed by atoms with Crippen LogP contribution >= 0.6 is 0 Å². The molecule has 5 rings (SSSR count). The minimum atomic E-state index is 0.666. The smallest absolute Gasteiger partial charge is 0.137 e. The number of piperazine rings is 1. The van der Waals surface area contributed by atoms with Gasteiger partial charge >= 0.3 is 0 Å². The van der Waals surface area contributed by atoms with Crippen LogP contribution in [0.2, 0.25) is 0 Å². The fourth-order valence-corrected chi connectivity index (χ4v) is 5.18. The lowest BCUT2D eigenvalue weighted by Gasteiger charge is -2.35. The van der Waals surface area contributed by atoms with Crippen molar-refractivity contribution in [1.29, 1.82) is 0 Å². The summed E-state index contributed by atoms with van der Waals surface area (Å²) in [6, 6.07) is 15.8. The topological polar surface area (TPSA) is 36.8 Å². The first-order chi connectivity index (χ1) is 16.9. The van der Waals surface area contributed by atoms with Gasteiger partial charge in [0.2, 0.25) is 0 Å². The number of ether oxygens (including phenoxy) is 1. The Hall–Kier alpha value is -2.83. The van der Waals surface area contributed by atoms with E-state index in [4.69, 9.17) is 9.84 Å². The van der Waals surface area contributed by atoms with E-state index in [1.807, 2.05) is 12.1 Å². The fourth-order valence-electron chi connectivity index (χ4n) is 5.18. The van der Waals surface area contributed by atoms with Crippen molar-refractivity contribution in [3.63, 3.8) is 0 Å². The predicted octanol–water partition coefficient (Wildman–Crippen LogP) is 4.72. The third-order valence-electron chi connectivity index (χ3n) is 7.57. The van der Waals surface area contributed by atoms with Crippen molar-refractivity contribution in [1.82, 2.24) is 19.6 Å². The first kappa shape index (κ1) is 23.9. The van der Waals surface area contributed by atoms with Crippen LogP contribution in [-0.4, -0.2) is 66.0 Å². The molecule has 6 nitrogen and oxygen atoms in total. The summed E-state index contributed by atoms with van der Waals surface area (Å²) in [5.41, 5.74) is 7.73. The quantitative estimate of drug-likeness (QED) is 0.473. The molecule has 1 aliphatic heterocycles. The van der Waals surface area contributed by atoms with Crippen LogP contribution in [0.4, 0.5) is 5.82 Å². The van der Waals surface area contributed by atoms with E-state index < -0.39 is 0 Å². The van der Waals surface area contributed by atoms with Gasteiger partial charge in [0, 0.05) is 50.9 Å². The lowest BCUT2D eigenvalue weighted by Crippen LogP contribution is -2.45. The van der Waals surface area contributed by atoms with Crippen molar-refractivity contribution >= 4 is 5.82 Å². The van der Waals surface area contributed by atoms with Gasteiger partial charge in [0.1, 0.15) is 11.6 Å². The molecule has 0 atom stereocenters.